The Hall–Kier alpha value is -1.32. The van der Waals surface area contributed by atoms with Gasteiger partial charge in [-0.15, -0.1) is 0 Å². The van der Waals surface area contributed by atoms with Crippen molar-refractivity contribution in [2.75, 3.05) is 0 Å². The van der Waals surface area contributed by atoms with Gasteiger partial charge in [0.2, 0.25) is 0 Å². The minimum Gasteiger partial charge on any atom is -0.476 e. The molecular weight excluding hydrogens is 216 g/mol. The Balaban J connectivity index is 1.68. The monoisotopic (exact) mass is 234 g/mol. The summed E-state index contributed by atoms with van der Waals surface area (Å²) in [5, 5.41) is 15.9. The van der Waals surface area contributed by atoms with E-state index in [9.17, 15) is 4.79 Å². The molecule has 92 valence electrons. The third kappa shape index (κ3) is 1.58. The summed E-state index contributed by atoms with van der Waals surface area (Å²) < 4.78 is 0. The van der Waals surface area contributed by atoms with E-state index in [0.29, 0.717) is 11.8 Å². The number of aromatic amines is 1. The second-order valence-electron chi connectivity index (χ2n) is 5.32. The van der Waals surface area contributed by atoms with Gasteiger partial charge >= 0.3 is 5.97 Å². The molecule has 0 aromatic carbocycles. The standard InChI is InChI=1S/C13H18N2O2/c1-2-3-4-5-7-8-6-9-11(10(7)8)14-15-12(9)13(16)17/h7-8,10H,2-6H2,1H3,(H,14,15)(H,16,17)/t7?,8-,10+/m0/s1. The first-order chi connectivity index (χ1) is 8.24. The zero-order valence-corrected chi connectivity index (χ0v) is 10.1. The predicted molar refractivity (Wildman–Crippen MR) is 63.1 cm³/mol. The normalized spacial score (nSPS) is 28.9. The smallest absolute Gasteiger partial charge is 0.356 e. The molecule has 0 saturated heterocycles. The highest BCUT2D eigenvalue weighted by atomic mass is 16.4. The number of aromatic carboxylic acids is 1. The van der Waals surface area contributed by atoms with E-state index in [4.69, 9.17) is 5.11 Å². The Bertz CT molecular complexity index is 452. The number of hydrogen-bond acceptors (Lipinski definition) is 2. The number of unbranched alkanes of at least 4 members (excludes halogenated alkanes) is 2. The fourth-order valence-electron chi connectivity index (χ4n) is 3.45. The Morgan fingerprint density at radius 3 is 3.06 bits per heavy atom. The van der Waals surface area contributed by atoms with Crippen molar-refractivity contribution in [3.8, 4) is 0 Å². The van der Waals surface area contributed by atoms with Gasteiger partial charge < -0.3 is 5.11 Å². The van der Waals surface area contributed by atoms with E-state index in [1.165, 1.54) is 25.7 Å². The number of fused-ring (bicyclic) bond motifs is 3. The van der Waals surface area contributed by atoms with Crippen LogP contribution in [-0.2, 0) is 6.42 Å². The van der Waals surface area contributed by atoms with Gasteiger partial charge in [0.1, 0.15) is 0 Å². The first-order valence-electron chi connectivity index (χ1n) is 6.54. The first-order valence-corrected chi connectivity index (χ1v) is 6.54. The molecule has 0 radical (unpaired) electrons. The largest absolute Gasteiger partial charge is 0.476 e. The minimum atomic E-state index is -0.897. The van der Waals surface area contributed by atoms with Gasteiger partial charge in [0.15, 0.2) is 5.69 Å². The molecule has 4 nitrogen and oxygen atoms in total. The molecule has 0 aliphatic heterocycles. The summed E-state index contributed by atoms with van der Waals surface area (Å²) in [5.41, 5.74) is 2.34. The van der Waals surface area contributed by atoms with Crippen LogP contribution in [0.25, 0.3) is 0 Å². The highest BCUT2D eigenvalue weighted by Crippen LogP contribution is 2.63. The summed E-state index contributed by atoms with van der Waals surface area (Å²) >= 11 is 0. The SMILES string of the molecule is CCCCCC1[C@H]2c3[nH]nc(C(=O)O)c3C[C@@H]12. The first kappa shape index (κ1) is 10.8. The van der Waals surface area contributed by atoms with Crippen molar-refractivity contribution >= 4 is 5.97 Å². The lowest BCUT2D eigenvalue weighted by Crippen LogP contribution is -2.02. The van der Waals surface area contributed by atoms with E-state index in [2.05, 4.69) is 17.1 Å². The maximum Gasteiger partial charge on any atom is 0.356 e. The number of aromatic nitrogens is 2. The predicted octanol–water partition coefficient (Wildman–Crippen LogP) is 2.57. The van der Waals surface area contributed by atoms with Gasteiger partial charge in [0.25, 0.3) is 0 Å². The van der Waals surface area contributed by atoms with E-state index in [0.717, 1.165) is 23.6 Å². The Labute approximate surface area is 100 Å². The van der Waals surface area contributed by atoms with E-state index in [1.807, 2.05) is 0 Å². The number of carboxylic acids is 1. The van der Waals surface area contributed by atoms with Crippen LogP contribution in [0.4, 0.5) is 0 Å². The number of H-pyrrole nitrogens is 1. The molecule has 2 N–H and O–H groups in total. The van der Waals surface area contributed by atoms with Crippen molar-refractivity contribution in [2.45, 2.75) is 44.9 Å². The Morgan fingerprint density at radius 2 is 2.35 bits per heavy atom. The van der Waals surface area contributed by atoms with Crippen molar-refractivity contribution in [1.29, 1.82) is 0 Å². The molecule has 1 heterocycles. The molecule has 1 saturated carbocycles. The molecule has 1 aromatic rings. The van der Waals surface area contributed by atoms with Crippen LogP contribution in [0.1, 0.15) is 60.3 Å². The molecular formula is C13H18N2O2. The van der Waals surface area contributed by atoms with Gasteiger partial charge in [-0.2, -0.15) is 5.10 Å². The molecule has 1 aromatic heterocycles. The molecule has 3 atom stereocenters. The van der Waals surface area contributed by atoms with Crippen molar-refractivity contribution < 1.29 is 9.90 Å². The molecule has 0 spiro atoms. The summed E-state index contributed by atoms with van der Waals surface area (Å²) in [5.74, 6) is 1.18. The lowest BCUT2D eigenvalue weighted by molar-refractivity contribution is 0.0689. The van der Waals surface area contributed by atoms with Crippen molar-refractivity contribution in [2.24, 2.45) is 11.8 Å². The molecule has 2 aliphatic carbocycles. The van der Waals surface area contributed by atoms with Crippen LogP contribution in [0.5, 0.6) is 0 Å². The second kappa shape index (κ2) is 3.86. The van der Waals surface area contributed by atoms with Crippen LogP contribution < -0.4 is 0 Å². The zero-order chi connectivity index (χ0) is 12.0. The number of nitrogens with one attached hydrogen (secondary N) is 1. The quantitative estimate of drug-likeness (QED) is 0.769. The second-order valence-corrected chi connectivity index (χ2v) is 5.32. The summed E-state index contributed by atoms with van der Waals surface area (Å²) in [4.78, 5) is 11.0. The molecule has 0 amide bonds. The van der Waals surface area contributed by atoms with Crippen LogP contribution in [0, 0.1) is 11.8 Å². The number of rotatable bonds is 5. The van der Waals surface area contributed by atoms with Gasteiger partial charge in [0.05, 0.1) is 0 Å². The third-order valence-corrected chi connectivity index (χ3v) is 4.35. The number of carboxylic acid groups (broad SMARTS) is 1. The maximum absolute atomic E-state index is 11.0. The summed E-state index contributed by atoms with van der Waals surface area (Å²) in [6.07, 6.45) is 6.11. The lowest BCUT2D eigenvalue weighted by Gasteiger charge is -2.03. The molecule has 17 heavy (non-hydrogen) atoms. The maximum atomic E-state index is 11.0. The molecule has 1 unspecified atom stereocenters. The van der Waals surface area contributed by atoms with Crippen LogP contribution in [0.3, 0.4) is 0 Å². The number of nitrogens with zero attached hydrogens (tertiary/aromatic N) is 1. The van der Waals surface area contributed by atoms with Crippen LogP contribution >= 0.6 is 0 Å². The highest BCUT2D eigenvalue weighted by Gasteiger charge is 2.57. The van der Waals surface area contributed by atoms with Gasteiger partial charge in [-0.25, -0.2) is 4.79 Å². The van der Waals surface area contributed by atoms with Crippen molar-refractivity contribution in [3.63, 3.8) is 0 Å². The number of carbonyl (C=O) groups is 1. The highest BCUT2D eigenvalue weighted by molar-refractivity contribution is 5.87. The molecule has 1 fully saturated rings. The van der Waals surface area contributed by atoms with E-state index < -0.39 is 5.97 Å². The molecule has 2 aliphatic rings. The number of hydrogen-bond donors (Lipinski definition) is 2. The van der Waals surface area contributed by atoms with Crippen LogP contribution in [0.15, 0.2) is 0 Å². The zero-order valence-electron chi connectivity index (χ0n) is 10.1. The summed E-state index contributed by atoms with van der Waals surface area (Å²) in [7, 11) is 0. The van der Waals surface area contributed by atoms with Gasteiger partial charge in [-0.05, 0) is 24.7 Å². The summed E-state index contributed by atoms with van der Waals surface area (Å²) in [6, 6.07) is 0. The fraction of sp³-hybridized carbons (Fsp3) is 0.692. The van der Waals surface area contributed by atoms with Gasteiger partial charge in [-0.3, -0.25) is 5.10 Å². The van der Waals surface area contributed by atoms with Crippen LogP contribution in [0.2, 0.25) is 0 Å². The average molecular weight is 234 g/mol. The topological polar surface area (TPSA) is 66.0 Å². The van der Waals surface area contributed by atoms with E-state index in [1.54, 1.807) is 0 Å². The Morgan fingerprint density at radius 1 is 1.53 bits per heavy atom. The Kier molecular flexibility index (Phi) is 2.45. The lowest BCUT2D eigenvalue weighted by atomic mass is 10.0. The van der Waals surface area contributed by atoms with Crippen molar-refractivity contribution in [1.82, 2.24) is 10.2 Å². The summed E-state index contributed by atoms with van der Waals surface area (Å²) in [6.45, 7) is 2.22. The van der Waals surface area contributed by atoms with Crippen molar-refractivity contribution in [3.05, 3.63) is 17.0 Å². The van der Waals surface area contributed by atoms with E-state index >= 15 is 0 Å². The minimum absolute atomic E-state index is 0.250. The van der Waals surface area contributed by atoms with E-state index in [-0.39, 0.29) is 5.69 Å². The third-order valence-electron chi connectivity index (χ3n) is 4.35. The van der Waals surface area contributed by atoms with Crippen LogP contribution in [-0.4, -0.2) is 21.3 Å². The average Bonchev–Trinajstić information content (AvgIpc) is 2.68. The fourth-order valence-corrected chi connectivity index (χ4v) is 3.45. The molecule has 4 heteroatoms. The molecule has 3 rings (SSSR count). The molecule has 0 bridgehead atoms. The van der Waals surface area contributed by atoms with Gasteiger partial charge in [0, 0.05) is 17.2 Å². The van der Waals surface area contributed by atoms with Gasteiger partial charge in [-0.1, -0.05) is 26.2 Å².